The van der Waals surface area contributed by atoms with Gasteiger partial charge in [-0.25, -0.2) is 4.39 Å². The Bertz CT molecular complexity index is 569. The average Bonchev–Trinajstić information content (AvgIpc) is 2.48. The lowest BCUT2D eigenvalue weighted by Gasteiger charge is -2.12. The molecule has 1 N–H and O–H groups in total. The molecule has 0 saturated heterocycles. The number of ether oxygens (including phenoxy) is 1. The molecule has 2 rings (SSSR count). The van der Waals surface area contributed by atoms with E-state index in [0.717, 1.165) is 36.4 Å². The molecule has 0 radical (unpaired) electrons. The molecule has 2 aromatic carbocycles. The maximum atomic E-state index is 13.8. The fourth-order valence-electron chi connectivity index (χ4n) is 2.18. The van der Waals surface area contributed by atoms with Crippen LogP contribution in [0.5, 0.6) is 5.75 Å². The van der Waals surface area contributed by atoms with E-state index in [1.54, 1.807) is 19.2 Å². The van der Waals surface area contributed by atoms with Crippen molar-refractivity contribution < 1.29 is 9.13 Å². The van der Waals surface area contributed by atoms with E-state index < -0.39 is 0 Å². The molecule has 2 nitrogen and oxygen atoms in total. The highest BCUT2D eigenvalue weighted by atomic mass is 19.1. The summed E-state index contributed by atoms with van der Waals surface area (Å²) in [6, 6.07) is 12.6. The number of hydrogen-bond acceptors (Lipinski definition) is 2. The van der Waals surface area contributed by atoms with Crippen molar-refractivity contribution in [3.8, 4) is 16.9 Å². The molecule has 0 heterocycles. The molecular weight excluding hydrogens is 253 g/mol. The second-order valence-corrected chi connectivity index (χ2v) is 4.68. The molecule has 0 unspecified atom stereocenters. The lowest BCUT2D eigenvalue weighted by molar-refractivity contribution is 0.408. The van der Waals surface area contributed by atoms with Gasteiger partial charge in [0.05, 0.1) is 7.11 Å². The Morgan fingerprint density at radius 2 is 1.95 bits per heavy atom. The van der Waals surface area contributed by atoms with Gasteiger partial charge < -0.3 is 10.1 Å². The largest absolute Gasteiger partial charge is 0.496 e. The fraction of sp³-hybridized carbons (Fsp3) is 0.294. The maximum Gasteiger partial charge on any atom is 0.131 e. The van der Waals surface area contributed by atoms with Crippen LogP contribution in [-0.2, 0) is 6.54 Å². The van der Waals surface area contributed by atoms with Crippen LogP contribution in [0.2, 0.25) is 0 Å². The fourth-order valence-corrected chi connectivity index (χ4v) is 2.18. The van der Waals surface area contributed by atoms with Crippen LogP contribution in [0.25, 0.3) is 11.1 Å². The van der Waals surface area contributed by atoms with Gasteiger partial charge in [-0.3, -0.25) is 0 Å². The summed E-state index contributed by atoms with van der Waals surface area (Å²) in [5, 5.41) is 3.35. The maximum absolute atomic E-state index is 13.8. The predicted octanol–water partition coefficient (Wildman–Crippen LogP) is 4.00. The summed E-state index contributed by atoms with van der Waals surface area (Å²) < 4.78 is 19.2. The zero-order valence-corrected chi connectivity index (χ0v) is 11.9. The molecule has 0 aliphatic rings. The Hall–Kier alpha value is -1.87. The van der Waals surface area contributed by atoms with Crippen LogP contribution in [-0.4, -0.2) is 13.7 Å². The second kappa shape index (κ2) is 7.06. The minimum absolute atomic E-state index is 0.204. The minimum atomic E-state index is -0.204. The van der Waals surface area contributed by atoms with Gasteiger partial charge in [0.25, 0.3) is 0 Å². The van der Waals surface area contributed by atoms with Crippen molar-refractivity contribution in [3.63, 3.8) is 0 Å². The number of rotatable bonds is 6. The number of methoxy groups -OCH3 is 1. The van der Waals surface area contributed by atoms with E-state index in [2.05, 4.69) is 12.2 Å². The molecule has 0 aliphatic carbocycles. The third-order valence-corrected chi connectivity index (χ3v) is 3.21. The second-order valence-electron chi connectivity index (χ2n) is 4.68. The topological polar surface area (TPSA) is 21.3 Å². The highest BCUT2D eigenvalue weighted by Crippen LogP contribution is 2.28. The summed E-state index contributed by atoms with van der Waals surface area (Å²) in [5.74, 6) is 0.624. The number of halogens is 1. The van der Waals surface area contributed by atoms with E-state index in [-0.39, 0.29) is 5.82 Å². The van der Waals surface area contributed by atoms with Crippen LogP contribution in [0.3, 0.4) is 0 Å². The van der Waals surface area contributed by atoms with Crippen molar-refractivity contribution in [3.05, 3.63) is 53.8 Å². The SMILES string of the molecule is CCCNCc1cc(-c2ccccc2F)ccc1OC. The molecule has 20 heavy (non-hydrogen) atoms. The zero-order valence-electron chi connectivity index (χ0n) is 11.9. The van der Waals surface area contributed by atoms with E-state index in [0.29, 0.717) is 5.56 Å². The molecule has 0 amide bonds. The molecule has 2 aromatic rings. The molecule has 3 heteroatoms. The summed E-state index contributed by atoms with van der Waals surface area (Å²) in [7, 11) is 1.65. The molecule has 106 valence electrons. The van der Waals surface area contributed by atoms with Gasteiger partial charge in [0.1, 0.15) is 11.6 Å². The van der Waals surface area contributed by atoms with Gasteiger partial charge in [-0.2, -0.15) is 0 Å². The van der Waals surface area contributed by atoms with Crippen LogP contribution in [0.15, 0.2) is 42.5 Å². The Morgan fingerprint density at radius 1 is 1.15 bits per heavy atom. The number of nitrogens with one attached hydrogen (secondary N) is 1. The molecule has 0 aromatic heterocycles. The summed E-state index contributed by atoms with van der Waals surface area (Å²) in [5.41, 5.74) is 2.53. The average molecular weight is 273 g/mol. The Morgan fingerprint density at radius 3 is 2.65 bits per heavy atom. The number of benzene rings is 2. The number of hydrogen-bond donors (Lipinski definition) is 1. The highest BCUT2D eigenvalue weighted by molar-refractivity contribution is 5.66. The van der Waals surface area contributed by atoms with Gasteiger partial charge in [0, 0.05) is 17.7 Å². The first kappa shape index (κ1) is 14.5. The first-order valence-electron chi connectivity index (χ1n) is 6.88. The Balaban J connectivity index is 2.31. The van der Waals surface area contributed by atoms with Crippen LogP contribution in [0.4, 0.5) is 4.39 Å². The Labute approximate surface area is 119 Å². The summed E-state index contributed by atoms with van der Waals surface area (Å²) in [6.07, 6.45) is 1.08. The molecular formula is C17H20FNO. The van der Waals surface area contributed by atoms with Crippen LogP contribution >= 0.6 is 0 Å². The van der Waals surface area contributed by atoms with Gasteiger partial charge in [-0.15, -0.1) is 0 Å². The van der Waals surface area contributed by atoms with Gasteiger partial charge in [-0.05, 0) is 36.7 Å². The molecule has 0 saturated carbocycles. The quantitative estimate of drug-likeness (QED) is 0.803. The van der Waals surface area contributed by atoms with Crippen LogP contribution in [0, 0.1) is 5.82 Å². The van der Waals surface area contributed by atoms with Gasteiger partial charge >= 0.3 is 0 Å². The van der Waals surface area contributed by atoms with E-state index in [1.807, 2.05) is 24.3 Å². The van der Waals surface area contributed by atoms with E-state index in [1.165, 1.54) is 6.07 Å². The smallest absolute Gasteiger partial charge is 0.131 e. The third-order valence-electron chi connectivity index (χ3n) is 3.21. The van der Waals surface area contributed by atoms with Crippen LogP contribution < -0.4 is 10.1 Å². The van der Waals surface area contributed by atoms with Crippen molar-refractivity contribution in [2.45, 2.75) is 19.9 Å². The molecule has 0 spiro atoms. The summed E-state index contributed by atoms with van der Waals surface area (Å²) in [4.78, 5) is 0. The van der Waals surface area contributed by atoms with Gasteiger partial charge in [-0.1, -0.05) is 31.2 Å². The van der Waals surface area contributed by atoms with Crippen molar-refractivity contribution in [2.24, 2.45) is 0 Å². The van der Waals surface area contributed by atoms with Crippen molar-refractivity contribution >= 4 is 0 Å². The van der Waals surface area contributed by atoms with Gasteiger partial charge in [0.2, 0.25) is 0 Å². The lowest BCUT2D eigenvalue weighted by Crippen LogP contribution is -2.14. The highest BCUT2D eigenvalue weighted by Gasteiger charge is 2.08. The first-order valence-corrected chi connectivity index (χ1v) is 6.88. The van der Waals surface area contributed by atoms with Crippen molar-refractivity contribution in [1.82, 2.24) is 5.32 Å². The Kier molecular flexibility index (Phi) is 5.13. The third kappa shape index (κ3) is 3.36. The van der Waals surface area contributed by atoms with Crippen molar-refractivity contribution in [2.75, 3.05) is 13.7 Å². The molecule has 0 fully saturated rings. The summed E-state index contributed by atoms with van der Waals surface area (Å²) in [6.45, 7) is 3.80. The molecule has 0 atom stereocenters. The normalized spacial score (nSPS) is 10.6. The molecule has 0 bridgehead atoms. The standard InChI is InChI=1S/C17H20FNO/c1-3-10-19-12-14-11-13(8-9-17(14)20-2)15-6-4-5-7-16(15)18/h4-9,11,19H,3,10,12H2,1-2H3. The summed E-state index contributed by atoms with van der Waals surface area (Å²) >= 11 is 0. The minimum Gasteiger partial charge on any atom is -0.496 e. The predicted molar refractivity (Wildman–Crippen MR) is 80.4 cm³/mol. The van der Waals surface area contributed by atoms with E-state index in [9.17, 15) is 4.39 Å². The van der Waals surface area contributed by atoms with E-state index in [4.69, 9.17) is 4.74 Å². The molecule has 0 aliphatic heterocycles. The van der Waals surface area contributed by atoms with Crippen molar-refractivity contribution in [1.29, 1.82) is 0 Å². The van der Waals surface area contributed by atoms with Gasteiger partial charge in [0.15, 0.2) is 0 Å². The first-order chi connectivity index (χ1) is 9.76. The monoisotopic (exact) mass is 273 g/mol. The zero-order chi connectivity index (χ0) is 14.4. The van der Waals surface area contributed by atoms with E-state index >= 15 is 0 Å². The van der Waals surface area contributed by atoms with Crippen LogP contribution in [0.1, 0.15) is 18.9 Å². The lowest BCUT2D eigenvalue weighted by atomic mass is 10.0.